The average molecular weight is 381 g/mol. The molecular formula is C15H22Cl2N2O3S. The van der Waals surface area contributed by atoms with Crippen molar-refractivity contribution < 1.29 is 13.2 Å². The summed E-state index contributed by atoms with van der Waals surface area (Å²) in [6, 6.07) is 2.91. The molecule has 1 saturated heterocycles. The van der Waals surface area contributed by atoms with Crippen molar-refractivity contribution in [3.63, 3.8) is 0 Å². The summed E-state index contributed by atoms with van der Waals surface area (Å²) in [7, 11) is -0.715. The fraction of sp³-hybridized carbons (Fsp3) is 0.600. The van der Waals surface area contributed by atoms with Crippen LogP contribution >= 0.6 is 23.2 Å². The highest BCUT2D eigenvalue weighted by Gasteiger charge is 2.30. The van der Waals surface area contributed by atoms with Crippen LogP contribution in [0.1, 0.15) is 13.3 Å². The van der Waals surface area contributed by atoms with Crippen LogP contribution in [0, 0.1) is 5.92 Å². The molecule has 130 valence electrons. The van der Waals surface area contributed by atoms with E-state index in [0.717, 1.165) is 26.1 Å². The van der Waals surface area contributed by atoms with Crippen LogP contribution in [0.3, 0.4) is 0 Å². The molecular weight excluding hydrogens is 359 g/mol. The zero-order chi connectivity index (χ0) is 17.2. The molecule has 0 bridgehead atoms. The summed E-state index contributed by atoms with van der Waals surface area (Å²) in [6.07, 6.45) is 1.01. The number of methoxy groups -OCH3 is 1. The molecule has 0 amide bonds. The number of benzene rings is 1. The highest BCUT2D eigenvalue weighted by atomic mass is 35.5. The summed E-state index contributed by atoms with van der Waals surface area (Å²) < 4.78 is 32.2. The third-order valence-electron chi connectivity index (χ3n) is 4.24. The fourth-order valence-corrected chi connectivity index (χ4v) is 4.74. The third-order valence-corrected chi connectivity index (χ3v) is 6.87. The summed E-state index contributed by atoms with van der Waals surface area (Å²) in [5, 5.41) is 0.376. The van der Waals surface area contributed by atoms with Gasteiger partial charge < -0.3 is 9.64 Å². The molecule has 0 saturated carbocycles. The summed E-state index contributed by atoms with van der Waals surface area (Å²) in [5.74, 6) is 0.427. The number of ether oxygens (including phenoxy) is 1. The van der Waals surface area contributed by atoms with Gasteiger partial charge in [0, 0.05) is 20.1 Å². The number of hydrogen-bond donors (Lipinski definition) is 0. The lowest BCUT2D eigenvalue weighted by Gasteiger charge is -2.22. The van der Waals surface area contributed by atoms with Crippen LogP contribution in [0.2, 0.25) is 10.0 Å². The van der Waals surface area contributed by atoms with Crippen LogP contribution in [0.4, 0.5) is 0 Å². The maximum atomic E-state index is 12.8. The molecule has 0 radical (unpaired) electrons. The Morgan fingerprint density at radius 3 is 2.65 bits per heavy atom. The first-order chi connectivity index (χ1) is 10.8. The average Bonchev–Trinajstić information content (AvgIpc) is 2.97. The maximum Gasteiger partial charge on any atom is 0.246 e. The molecule has 0 aromatic heterocycles. The van der Waals surface area contributed by atoms with Crippen molar-refractivity contribution in [1.82, 2.24) is 9.21 Å². The number of hydrogen-bond acceptors (Lipinski definition) is 4. The van der Waals surface area contributed by atoms with Crippen molar-refractivity contribution in [2.75, 3.05) is 40.3 Å². The van der Waals surface area contributed by atoms with Crippen molar-refractivity contribution in [1.29, 1.82) is 0 Å². The van der Waals surface area contributed by atoms with E-state index in [1.165, 1.54) is 23.5 Å². The standard InChI is InChI=1S/C15H22Cl2N2O3S/c1-4-19-8-7-11(10-19)9-18(2)23(20,21)13-6-5-12(16)14(17)15(13)22-3/h5-6,11H,4,7-10H2,1-3H3. The molecule has 1 aromatic rings. The Kier molecular flexibility index (Phi) is 6.19. The van der Waals surface area contributed by atoms with E-state index in [-0.39, 0.29) is 20.7 Å². The first kappa shape index (κ1) is 18.8. The first-order valence-electron chi connectivity index (χ1n) is 7.52. The lowest BCUT2D eigenvalue weighted by atomic mass is 10.1. The maximum absolute atomic E-state index is 12.8. The van der Waals surface area contributed by atoms with E-state index in [1.807, 2.05) is 0 Å². The Hall–Kier alpha value is -0.530. The molecule has 2 rings (SSSR count). The molecule has 8 heteroatoms. The van der Waals surface area contributed by atoms with Gasteiger partial charge in [-0.1, -0.05) is 30.1 Å². The van der Waals surface area contributed by atoms with Crippen molar-refractivity contribution >= 4 is 33.2 Å². The first-order valence-corrected chi connectivity index (χ1v) is 9.71. The Balaban J connectivity index is 2.23. The van der Waals surface area contributed by atoms with Crippen molar-refractivity contribution in [2.24, 2.45) is 5.92 Å². The van der Waals surface area contributed by atoms with Gasteiger partial charge in [-0.15, -0.1) is 0 Å². The van der Waals surface area contributed by atoms with Gasteiger partial charge in [-0.05, 0) is 37.6 Å². The lowest BCUT2D eigenvalue weighted by molar-refractivity contribution is 0.323. The Morgan fingerprint density at radius 1 is 1.39 bits per heavy atom. The van der Waals surface area contributed by atoms with E-state index in [9.17, 15) is 8.42 Å². The second kappa shape index (κ2) is 7.57. The molecule has 5 nitrogen and oxygen atoms in total. The zero-order valence-corrected chi connectivity index (χ0v) is 15.9. The Bertz CT molecular complexity index is 667. The molecule has 23 heavy (non-hydrogen) atoms. The summed E-state index contributed by atoms with van der Waals surface area (Å²) in [6.45, 7) is 5.53. The van der Waals surface area contributed by atoms with Crippen LogP contribution in [0.25, 0.3) is 0 Å². The van der Waals surface area contributed by atoms with Gasteiger partial charge in [0.05, 0.1) is 12.1 Å². The van der Waals surface area contributed by atoms with E-state index in [2.05, 4.69) is 11.8 Å². The zero-order valence-electron chi connectivity index (χ0n) is 13.6. The van der Waals surface area contributed by atoms with Crippen molar-refractivity contribution in [2.45, 2.75) is 18.2 Å². The summed E-state index contributed by atoms with van der Waals surface area (Å²) >= 11 is 12.0. The minimum atomic E-state index is -3.69. The van der Waals surface area contributed by atoms with Crippen LogP contribution in [0.5, 0.6) is 5.75 Å². The highest BCUT2D eigenvalue weighted by molar-refractivity contribution is 7.89. The number of halogens is 2. The van der Waals surface area contributed by atoms with Crippen LogP contribution in [0.15, 0.2) is 17.0 Å². The fourth-order valence-electron chi connectivity index (χ4n) is 2.89. The highest BCUT2D eigenvalue weighted by Crippen LogP contribution is 2.38. The number of rotatable bonds is 6. The molecule has 1 atom stereocenters. The minimum Gasteiger partial charge on any atom is -0.494 e. The van der Waals surface area contributed by atoms with Gasteiger partial charge in [-0.3, -0.25) is 0 Å². The van der Waals surface area contributed by atoms with E-state index >= 15 is 0 Å². The molecule has 1 aliphatic rings. The second-order valence-electron chi connectivity index (χ2n) is 5.73. The van der Waals surface area contributed by atoms with E-state index in [0.29, 0.717) is 12.5 Å². The molecule has 0 aliphatic carbocycles. The predicted octanol–water partition coefficient (Wildman–Crippen LogP) is 2.96. The van der Waals surface area contributed by atoms with Gasteiger partial charge in [0.2, 0.25) is 10.0 Å². The predicted molar refractivity (Wildman–Crippen MR) is 93.1 cm³/mol. The van der Waals surface area contributed by atoms with E-state index in [1.54, 1.807) is 7.05 Å². The largest absolute Gasteiger partial charge is 0.494 e. The van der Waals surface area contributed by atoms with Gasteiger partial charge >= 0.3 is 0 Å². The molecule has 0 spiro atoms. The van der Waals surface area contributed by atoms with Crippen LogP contribution in [-0.2, 0) is 10.0 Å². The van der Waals surface area contributed by atoms with E-state index in [4.69, 9.17) is 27.9 Å². The van der Waals surface area contributed by atoms with Gasteiger partial charge in [0.1, 0.15) is 9.92 Å². The van der Waals surface area contributed by atoms with Gasteiger partial charge in [-0.2, -0.15) is 0 Å². The molecule has 0 N–H and O–H groups in total. The van der Waals surface area contributed by atoms with Gasteiger partial charge in [0.15, 0.2) is 5.75 Å². The number of likely N-dealkylation sites (tertiary alicyclic amines) is 1. The molecule has 1 aromatic carbocycles. The van der Waals surface area contributed by atoms with Crippen LogP contribution < -0.4 is 4.74 Å². The molecule has 1 aliphatic heterocycles. The van der Waals surface area contributed by atoms with Crippen molar-refractivity contribution in [3.05, 3.63) is 22.2 Å². The minimum absolute atomic E-state index is 0.0437. The molecule has 1 heterocycles. The SMILES string of the molecule is CCN1CCC(CN(C)S(=O)(=O)c2ccc(Cl)c(Cl)c2OC)C1. The lowest BCUT2D eigenvalue weighted by Crippen LogP contribution is -2.33. The normalized spacial score (nSPS) is 19.5. The van der Waals surface area contributed by atoms with Gasteiger partial charge in [-0.25, -0.2) is 12.7 Å². The second-order valence-corrected chi connectivity index (χ2v) is 8.52. The third kappa shape index (κ3) is 3.94. The summed E-state index contributed by atoms with van der Waals surface area (Å²) in [5.41, 5.74) is 0. The van der Waals surface area contributed by atoms with Crippen molar-refractivity contribution in [3.8, 4) is 5.75 Å². The topological polar surface area (TPSA) is 49.9 Å². The summed E-state index contributed by atoms with van der Waals surface area (Å²) in [4.78, 5) is 2.37. The van der Waals surface area contributed by atoms with Crippen LogP contribution in [-0.4, -0.2) is 58.0 Å². The smallest absolute Gasteiger partial charge is 0.246 e. The Labute approximate surface area is 148 Å². The van der Waals surface area contributed by atoms with Gasteiger partial charge in [0.25, 0.3) is 0 Å². The molecule has 1 fully saturated rings. The number of nitrogens with zero attached hydrogens (tertiary/aromatic N) is 2. The monoisotopic (exact) mass is 380 g/mol. The Morgan fingerprint density at radius 2 is 2.09 bits per heavy atom. The molecule has 1 unspecified atom stereocenters. The number of sulfonamides is 1. The van der Waals surface area contributed by atoms with E-state index < -0.39 is 10.0 Å². The quantitative estimate of drug-likeness (QED) is 0.760.